The average Bonchev–Trinajstić information content (AvgIpc) is 2.38. The molecule has 1 fully saturated rings. The zero-order valence-electron chi connectivity index (χ0n) is 10.3. The molecule has 0 radical (unpaired) electrons. The third-order valence-corrected chi connectivity index (χ3v) is 3.32. The Morgan fingerprint density at radius 3 is 3.11 bits per heavy atom. The van der Waals surface area contributed by atoms with Gasteiger partial charge in [-0.3, -0.25) is 4.79 Å². The number of nitrogens with zero attached hydrogens (tertiary/aromatic N) is 3. The fourth-order valence-electron chi connectivity index (χ4n) is 2.29. The van der Waals surface area contributed by atoms with Gasteiger partial charge in [-0.2, -0.15) is 5.26 Å². The number of anilines is 1. The van der Waals surface area contributed by atoms with E-state index in [2.05, 4.69) is 11.1 Å². The van der Waals surface area contributed by atoms with Crippen molar-refractivity contribution in [3.63, 3.8) is 0 Å². The maximum atomic E-state index is 11.0. The number of hydrogen-bond acceptors (Lipinski definition) is 4. The summed E-state index contributed by atoms with van der Waals surface area (Å²) in [5.74, 6) is -0.526. The van der Waals surface area contributed by atoms with Crippen molar-refractivity contribution in [3.8, 4) is 6.07 Å². The van der Waals surface area contributed by atoms with Gasteiger partial charge >= 0.3 is 5.97 Å². The minimum Gasteiger partial charge on any atom is -0.481 e. The number of hydrogen-bond donors (Lipinski definition) is 1. The number of carbonyl (C=O) groups is 1. The van der Waals surface area contributed by atoms with E-state index >= 15 is 0 Å². The molecule has 94 valence electrons. The molecule has 1 unspecified atom stereocenters. The van der Waals surface area contributed by atoms with Crippen molar-refractivity contribution in [2.45, 2.75) is 19.8 Å². The van der Waals surface area contributed by atoms with Crippen LogP contribution in [0.1, 0.15) is 24.0 Å². The SMILES string of the molecule is Cc1ccnc(N2CCCC(C(=O)O)C2)c1C#N. The molecule has 2 heterocycles. The van der Waals surface area contributed by atoms with E-state index in [9.17, 15) is 10.1 Å². The van der Waals surface area contributed by atoms with Crippen LogP contribution in [0.25, 0.3) is 0 Å². The summed E-state index contributed by atoms with van der Waals surface area (Å²) in [4.78, 5) is 17.2. The summed E-state index contributed by atoms with van der Waals surface area (Å²) < 4.78 is 0. The van der Waals surface area contributed by atoms with E-state index in [-0.39, 0.29) is 5.92 Å². The van der Waals surface area contributed by atoms with Crippen molar-refractivity contribution in [1.29, 1.82) is 5.26 Å². The summed E-state index contributed by atoms with van der Waals surface area (Å²) in [5, 5.41) is 18.2. The Bertz CT molecular complexity index is 507. The first kappa shape index (κ1) is 12.4. The van der Waals surface area contributed by atoms with Crippen LogP contribution in [-0.4, -0.2) is 29.1 Å². The van der Waals surface area contributed by atoms with Crippen molar-refractivity contribution in [2.24, 2.45) is 5.92 Å². The normalized spacial score (nSPS) is 19.3. The fraction of sp³-hybridized carbons (Fsp3) is 0.462. The second-order valence-corrected chi connectivity index (χ2v) is 4.56. The first-order valence-corrected chi connectivity index (χ1v) is 5.97. The summed E-state index contributed by atoms with van der Waals surface area (Å²) >= 11 is 0. The molecule has 2 rings (SSSR count). The van der Waals surface area contributed by atoms with Crippen LogP contribution in [0.4, 0.5) is 5.82 Å². The topological polar surface area (TPSA) is 77.2 Å². The van der Waals surface area contributed by atoms with Crippen LogP contribution in [0.15, 0.2) is 12.3 Å². The number of aryl methyl sites for hydroxylation is 1. The van der Waals surface area contributed by atoms with E-state index in [0.29, 0.717) is 24.3 Å². The average molecular weight is 245 g/mol. The zero-order chi connectivity index (χ0) is 13.1. The molecule has 1 aliphatic rings. The summed E-state index contributed by atoms with van der Waals surface area (Å²) in [7, 11) is 0. The third kappa shape index (κ3) is 2.28. The number of pyridine rings is 1. The zero-order valence-corrected chi connectivity index (χ0v) is 10.3. The van der Waals surface area contributed by atoms with Gasteiger partial charge in [0.1, 0.15) is 11.9 Å². The summed E-state index contributed by atoms with van der Waals surface area (Å²) in [5.41, 5.74) is 1.42. The van der Waals surface area contributed by atoms with Gasteiger partial charge in [0, 0.05) is 19.3 Å². The quantitative estimate of drug-likeness (QED) is 0.855. The number of nitriles is 1. The Labute approximate surface area is 106 Å². The molecule has 1 saturated heterocycles. The van der Waals surface area contributed by atoms with E-state index in [1.165, 1.54) is 0 Å². The lowest BCUT2D eigenvalue weighted by Crippen LogP contribution is -2.39. The Morgan fingerprint density at radius 1 is 1.67 bits per heavy atom. The molecule has 1 atom stereocenters. The molecule has 1 aromatic rings. The molecule has 1 N–H and O–H groups in total. The van der Waals surface area contributed by atoms with Crippen molar-refractivity contribution < 1.29 is 9.90 Å². The van der Waals surface area contributed by atoms with E-state index < -0.39 is 5.97 Å². The van der Waals surface area contributed by atoms with Gasteiger partial charge in [-0.15, -0.1) is 0 Å². The van der Waals surface area contributed by atoms with Gasteiger partial charge in [-0.25, -0.2) is 4.98 Å². The largest absolute Gasteiger partial charge is 0.481 e. The van der Waals surface area contributed by atoms with Crippen molar-refractivity contribution in [2.75, 3.05) is 18.0 Å². The maximum Gasteiger partial charge on any atom is 0.308 e. The minimum atomic E-state index is -0.772. The number of piperidine rings is 1. The second kappa shape index (κ2) is 5.05. The van der Waals surface area contributed by atoms with E-state index in [1.54, 1.807) is 12.3 Å². The first-order chi connectivity index (χ1) is 8.63. The Balaban J connectivity index is 2.29. The van der Waals surface area contributed by atoms with Crippen LogP contribution in [0.5, 0.6) is 0 Å². The highest BCUT2D eigenvalue weighted by Gasteiger charge is 2.27. The standard InChI is InChI=1S/C13H15N3O2/c1-9-4-5-15-12(11(9)7-14)16-6-2-3-10(8-16)13(17)18/h4-5,10H,2-3,6,8H2,1H3,(H,17,18). The van der Waals surface area contributed by atoms with Crippen LogP contribution in [-0.2, 0) is 4.79 Å². The monoisotopic (exact) mass is 245 g/mol. The number of aromatic nitrogens is 1. The summed E-state index contributed by atoms with van der Waals surface area (Å²) in [6, 6.07) is 3.95. The molecule has 0 aromatic carbocycles. The Morgan fingerprint density at radius 2 is 2.44 bits per heavy atom. The number of aliphatic carboxylic acids is 1. The van der Waals surface area contributed by atoms with Gasteiger partial charge in [-0.1, -0.05) is 0 Å². The third-order valence-electron chi connectivity index (χ3n) is 3.32. The van der Waals surface area contributed by atoms with Crippen LogP contribution in [0.3, 0.4) is 0 Å². The maximum absolute atomic E-state index is 11.0. The molecule has 5 heteroatoms. The van der Waals surface area contributed by atoms with Gasteiger partial charge in [-0.05, 0) is 31.4 Å². The second-order valence-electron chi connectivity index (χ2n) is 4.56. The number of carboxylic acid groups (broad SMARTS) is 1. The summed E-state index contributed by atoms with van der Waals surface area (Å²) in [6.07, 6.45) is 3.17. The highest BCUT2D eigenvalue weighted by Crippen LogP contribution is 2.25. The molecule has 0 bridgehead atoms. The first-order valence-electron chi connectivity index (χ1n) is 5.97. The van der Waals surface area contributed by atoms with Crippen molar-refractivity contribution in [1.82, 2.24) is 4.98 Å². The molecule has 18 heavy (non-hydrogen) atoms. The Kier molecular flexibility index (Phi) is 3.47. The van der Waals surface area contributed by atoms with Gasteiger partial charge < -0.3 is 10.0 Å². The molecule has 5 nitrogen and oxygen atoms in total. The molecule has 0 spiro atoms. The van der Waals surface area contributed by atoms with Crippen molar-refractivity contribution in [3.05, 3.63) is 23.4 Å². The van der Waals surface area contributed by atoms with Gasteiger partial charge in [0.15, 0.2) is 0 Å². The van der Waals surface area contributed by atoms with Crippen LogP contribution in [0, 0.1) is 24.2 Å². The van der Waals surface area contributed by atoms with E-state index in [1.807, 2.05) is 11.8 Å². The predicted molar refractivity (Wildman–Crippen MR) is 66.3 cm³/mol. The van der Waals surface area contributed by atoms with Crippen LogP contribution >= 0.6 is 0 Å². The lowest BCUT2D eigenvalue weighted by atomic mass is 9.97. The van der Waals surface area contributed by atoms with Crippen molar-refractivity contribution >= 4 is 11.8 Å². The van der Waals surface area contributed by atoms with E-state index in [4.69, 9.17) is 5.11 Å². The highest BCUT2D eigenvalue weighted by molar-refractivity contribution is 5.71. The predicted octanol–water partition coefficient (Wildman–Crippen LogP) is 1.56. The Hall–Kier alpha value is -2.09. The van der Waals surface area contributed by atoms with Gasteiger partial charge in [0.25, 0.3) is 0 Å². The highest BCUT2D eigenvalue weighted by atomic mass is 16.4. The molecule has 0 amide bonds. The molecular formula is C13H15N3O2. The van der Waals surface area contributed by atoms with Gasteiger partial charge in [0.2, 0.25) is 0 Å². The van der Waals surface area contributed by atoms with Gasteiger partial charge in [0.05, 0.1) is 11.5 Å². The number of rotatable bonds is 2. The number of carboxylic acids is 1. The lowest BCUT2D eigenvalue weighted by Gasteiger charge is -2.32. The minimum absolute atomic E-state index is 0.368. The van der Waals surface area contributed by atoms with E-state index in [0.717, 1.165) is 18.5 Å². The van der Waals surface area contributed by atoms with Crippen LogP contribution in [0.2, 0.25) is 0 Å². The molecule has 1 aliphatic heterocycles. The molecule has 0 saturated carbocycles. The lowest BCUT2D eigenvalue weighted by molar-refractivity contribution is -0.141. The summed E-state index contributed by atoms with van der Waals surface area (Å²) in [6.45, 7) is 3.05. The molecular weight excluding hydrogens is 230 g/mol. The molecule has 1 aromatic heterocycles. The fourth-order valence-corrected chi connectivity index (χ4v) is 2.29. The van der Waals surface area contributed by atoms with Crippen LogP contribution < -0.4 is 4.90 Å². The smallest absolute Gasteiger partial charge is 0.308 e. The molecule has 0 aliphatic carbocycles.